The van der Waals surface area contributed by atoms with Crippen LogP contribution in [-0.2, 0) is 16.8 Å². The Balaban J connectivity index is 1.78. The highest BCUT2D eigenvalue weighted by atomic mass is 16.4. The van der Waals surface area contributed by atoms with Crippen molar-refractivity contribution in [1.29, 1.82) is 0 Å². The molecule has 1 heterocycles. The number of hydrogen-bond acceptors (Lipinski definition) is 4. The van der Waals surface area contributed by atoms with Crippen molar-refractivity contribution in [2.45, 2.75) is 31.7 Å². The van der Waals surface area contributed by atoms with Gasteiger partial charge in [-0.1, -0.05) is 67.6 Å². The summed E-state index contributed by atoms with van der Waals surface area (Å²) in [6.45, 7) is 4.00. The van der Waals surface area contributed by atoms with Crippen LogP contribution in [0.4, 0.5) is 0 Å². The van der Waals surface area contributed by atoms with Crippen molar-refractivity contribution in [2.75, 3.05) is 13.1 Å². The lowest BCUT2D eigenvalue weighted by molar-refractivity contribution is -0.155. The summed E-state index contributed by atoms with van der Waals surface area (Å²) in [6.07, 6.45) is 1.47. The van der Waals surface area contributed by atoms with Gasteiger partial charge < -0.3 is 10.9 Å². The molecule has 5 nitrogen and oxygen atoms in total. The number of nitrogens with zero attached hydrogens (tertiary/aromatic N) is 2. The fraction of sp³-hybridized carbons (Fsp3) is 0.391. The Morgan fingerprint density at radius 1 is 1.18 bits per heavy atom. The predicted octanol–water partition coefficient (Wildman–Crippen LogP) is 3.26. The predicted molar refractivity (Wildman–Crippen MR) is 110 cm³/mol. The molecule has 1 aliphatic heterocycles. The minimum Gasteiger partial charge on any atom is -0.481 e. The SMILES string of the molecule is CC1(c2ccccc2)CC/C(=N/N)C2CN(Cc3ccccc3)CC21C(=O)O. The van der Waals surface area contributed by atoms with E-state index in [-0.39, 0.29) is 5.92 Å². The normalized spacial score (nSPS) is 31.6. The van der Waals surface area contributed by atoms with Gasteiger partial charge in [0, 0.05) is 36.7 Å². The molecule has 2 aromatic carbocycles. The fourth-order valence-electron chi connectivity index (χ4n) is 5.44. The number of hydrogen-bond donors (Lipinski definition) is 2. The summed E-state index contributed by atoms with van der Waals surface area (Å²) in [7, 11) is 0. The third-order valence-corrected chi connectivity index (χ3v) is 6.98. The van der Waals surface area contributed by atoms with E-state index in [1.807, 2.05) is 36.4 Å². The molecule has 0 aromatic heterocycles. The maximum atomic E-state index is 12.9. The lowest BCUT2D eigenvalue weighted by Crippen LogP contribution is -2.59. The Morgan fingerprint density at radius 2 is 1.82 bits per heavy atom. The van der Waals surface area contributed by atoms with E-state index >= 15 is 0 Å². The molecule has 1 saturated heterocycles. The van der Waals surface area contributed by atoms with Crippen LogP contribution in [0.15, 0.2) is 65.8 Å². The van der Waals surface area contributed by atoms with Crippen molar-refractivity contribution >= 4 is 11.7 Å². The van der Waals surface area contributed by atoms with Gasteiger partial charge in [-0.25, -0.2) is 0 Å². The van der Waals surface area contributed by atoms with E-state index in [0.29, 0.717) is 13.1 Å². The van der Waals surface area contributed by atoms with Crippen LogP contribution >= 0.6 is 0 Å². The summed E-state index contributed by atoms with van der Waals surface area (Å²) in [4.78, 5) is 15.1. The number of fused-ring (bicyclic) bond motifs is 1. The molecule has 0 amide bonds. The Hall–Kier alpha value is -2.66. The van der Waals surface area contributed by atoms with Crippen LogP contribution < -0.4 is 5.84 Å². The van der Waals surface area contributed by atoms with Crippen molar-refractivity contribution in [2.24, 2.45) is 22.3 Å². The zero-order valence-corrected chi connectivity index (χ0v) is 16.2. The molecular formula is C23H27N3O2. The second-order valence-electron chi connectivity index (χ2n) is 8.30. The van der Waals surface area contributed by atoms with Crippen LogP contribution in [0.1, 0.15) is 30.9 Å². The number of nitrogens with two attached hydrogens (primary N) is 1. The number of likely N-dealkylation sites (tertiary alicyclic amines) is 1. The minimum atomic E-state index is -0.945. The third kappa shape index (κ3) is 2.73. The zero-order chi connectivity index (χ0) is 19.8. The number of aliphatic carboxylic acids is 1. The van der Waals surface area contributed by atoms with E-state index in [1.165, 1.54) is 5.56 Å². The van der Waals surface area contributed by atoms with Gasteiger partial charge >= 0.3 is 5.97 Å². The quantitative estimate of drug-likeness (QED) is 0.633. The molecule has 0 bridgehead atoms. The van der Waals surface area contributed by atoms with Gasteiger partial charge in [0.2, 0.25) is 0 Å². The molecule has 3 atom stereocenters. The standard InChI is InChI=1S/C23H27N3O2/c1-22(18-10-6-3-7-11-18)13-12-20(25-24)19-15-26(16-23(19,22)21(27)28)14-17-8-4-2-5-9-17/h2-11,19H,12-16,24H2,1H3,(H,27,28)/b25-20-. The molecule has 2 fully saturated rings. The third-order valence-electron chi connectivity index (χ3n) is 6.98. The fourth-order valence-corrected chi connectivity index (χ4v) is 5.44. The first-order chi connectivity index (χ1) is 13.5. The largest absolute Gasteiger partial charge is 0.481 e. The molecule has 4 rings (SSSR count). The van der Waals surface area contributed by atoms with Gasteiger partial charge in [-0.3, -0.25) is 9.69 Å². The van der Waals surface area contributed by atoms with Crippen molar-refractivity contribution in [1.82, 2.24) is 4.90 Å². The van der Waals surface area contributed by atoms with Crippen LogP contribution in [0.25, 0.3) is 0 Å². The van der Waals surface area contributed by atoms with E-state index < -0.39 is 16.8 Å². The molecule has 0 radical (unpaired) electrons. The van der Waals surface area contributed by atoms with Gasteiger partial charge in [-0.05, 0) is 24.0 Å². The van der Waals surface area contributed by atoms with E-state index in [2.05, 4.69) is 41.2 Å². The number of benzene rings is 2. The van der Waals surface area contributed by atoms with Gasteiger partial charge in [0.1, 0.15) is 0 Å². The second-order valence-corrected chi connectivity index (χ2v) is 8.30. The molecule has 0 spiro atoms. The highest BCUT2D eigenvalue weighted by Crippen LogP contribution is 2.57. The molecule has 5 heteroatoms. The first-order valence-corrected chi connectivity index (χ1v) is 9.83. The van der Waals surface area contributed by atoms with Crippen molar-refractivity contribution in [3.63, 3.8) is 0 Å². The highest BCUT2D eigenvalue weighted by Gasteiger charge is 2.66. The van der Waals surface area contributed by atoms with Crippen LogP contribution in [0.5, 0.6) is 0 Å². The van der Waals surface area contributed by atoms with E-state index in [4.69, 9.17) is 5.84 Å². The molecule has 3 N–H and O–H groups in total. The molecule has 146 valence electrons. The van der Waals surface area contributed by atoms with Crippen molar-refractivity contribution in [3.05, 3.63) is 71.8 Å². The van der Waals surface area contributed by atoms with Crippen LogP contribution in [0, 0.1) is 11.3 Å². The summed E-state index contributed by atoms with van der Waals surface area (Å²) in [5.41, 5.74) is 1.69. The molecular weight excluding hydrogens is 350 g/mol. The summed E-state index contributed by atoms with van der Waals surface area (Å²) in [5.74, 6) is 4.79. The summed E-state index contributed by atoms with van der Waals surface area (Å²) >= 11 is 0. The van der Waals surface area contributed by atoms with E-state index in [0.717, 1.165) is 30.7 Å². The maximum Gasteiger partial charge on any atom is 0.312 e. The number of hydrazone groups is 1. The molecule has 28 heavy (non-hydrogen) atoms. The molecule has 2 aromatic rings. The Morgan fingerprint density at radius 3 is 2.43 bits per heavy atom. The summed E-state index contributed by atoms with van der Waals surface area (Å²) < 4.78 is 0. The number of carboxylic acids is 1. The summed E-state index contributed by atoms with van der Waals surface area (Å²) in [6, 6.07) is 20.3. The maximum absolute atomic E-state index is 12.9. The van der Waals surface area contributed by atoms with Crippen LogP contribution in [-0.4, -0.2) is 34.8 Å². The summed E-state index contributed by atoms with van der Waals surface area (Å²) in [5, 5.41) is 14.6. The Kier molecular flexibility index (Phi) is 4.71. The van der Waals surface area contributed by atoms with Crippen molar-refractivity contribution in [3.8, 4) is 0 Å². The van der Waals surface area contributed by atoms with Crippen LogP contribution in [0.2, 0.25) is 0 Å². The molecule has 1 aliphatic carbocycles. The highest BCUT2D eigenvalue weighted by molar-refractivity contribution is 5.96. The average molecular weight is 377 g/mol. The van der Waals surface area contributed by atoms with Gasteiger partial charge in [0.05, 0.1) is 5.41 Å². The topological polar surface area (TPSA) is 78.9 Å². The lowest BCUT2D eigenvalue weighted by atomic mass is 9.50. The first-order valence-electron chi connectivity index (χ1n) is 9.83. The first kappa shape index (κ1) is 18.7. The Bertz CT molecular complexity index is 883. The second kappa shape index (κ2) is 7.06. The van der Waals surface area contributed by atoms with Crippen LogP contribution in [0.3, 0.4) is 0 Å². The van der Waals surface area contributed by atoms with E-state index in [9.17, 15) is 9.90 Å². The number of carbonyl (C=O) groups is 1. The molecule has 1 saturated carbocycles. The van der Waals surface area contributed by atoms with Crippen molar-refractivity contribution < 1.29 is 9.90 Å². The lowest BCUT2D eigenvalue weighted by Gasteiger charge is -2.50. The smallest absolute Gasteiger partial charge is 0.312 e. The van der Waals surface area contributed by atoms with Gasteiger partial charge in [0.15, 0.2) is 0 Å². The monoisotopic (exact) mass is 377 g/mol. The van der Waals surface area contributed by atoms with Gasteiger partial charge in [-0.15, -0.1) is 0 Å². The van der Waals surface area contributed by atoms with E-state index in [1.54, 1.807) is 0 Å². The number of rotatable bonds is 4. The number of carboxylic acid groups (broad SMARTS) is 1. The average Bonchev–Trinajstić information content (AvgIpc) is 3.11. The van der Waals surface area contributed by atoms with Gasteiger partial charge in [-0.2, -0.15) is 5.10 Å². The molecule has 2 aliphatic rings. The minimum absolute atomic E-state index is 0.183. The van der Waals surface area contributed by atoms with Gasteiger partial charge in [0.25, 0.3) is 0 Å². The Labute approximate surface area is 165 Å². The zero-order valence-electron chi connectivity index (χ0n) is 16.2. The molecule has 3 unspecified atom stereocenters.